The Bertz CT molecular complexity index is 1360. The Labute approximate surface area is 186 Å². The first-order valence-electron chi connectivity index (χ1n) is 9.60. The van der Waals surface area contributed by atoms with Crippen molar-refractivity contribution in [3.63, 3.8) is 0 Å². The number of rotatable bonds is 7. The second-order valence-corrected chi connectivity index (χ2v) is 7.55. The highest BCUT2D eigenvalue weighted by molar-refractivity contribution is 7.98. The van der Waals surface area contributed by atoms with Crippen LogP contribution in [0.25, 0.3) is 16.6 Å². The zero-order valence-electron chi connectivity index (χ0n) is 17.1. The third kappa shape index (κ3) is 4.12. The maximum absolute atomic E-state index is 12.9. The van der Waals surface area contributed by atoms with Crippen LogP contribution in [0.3, 0.4) is 0 Å². The number of para-hydroxylation sites is 2. The van der Waals surface area contributed by atoms with Crippen LogP contribution in [0.15, 0.2) is 70.7 Å². The minimum Gasteiger partial charge on any atom is -0.453 e. The van der Waals surface area contributed by atoms with Gasteiger partial charge in [0.25, 0.3) is 5.56 Å². The minimum absolute atomic E-state index is 0.122. The minimum atomic E-state index is -0.705. The molecule has 0 unspecified atom stereocenters. The van der Waals surface area contributed by atoms with Gasteiger partial charge in [-0.1, -0.05) is 42.1 Å². The molecule has 0 aliphatic carbocycles. The number of amides is 1. The highest BCUT2D eigenvalue weighted by Crippen LogP contribution is 2.22. The van der Waals surface area contributed by atoms with Crippen molar-refractivity contribution < 1.29 is 14.3 Å². The second kappa shape index (κ2) is 9.06. The quantitative estimate of drug-likeness (QED) is 0.339. The van der Waals surface area contributed by atoms with Gasteiger partial charge in [-0.3, -0.25) is 18.7 Å². The predicted octanol–water partition coefficient (Wildman–Crippen LogP) is 2.15. The van der Waals surface area contributed by atoms with E-state index in [1.165, 1.54) is 18.0 Å². The third-order valence-electron chi connectivity index (χ3n) is 4.72. The topological polar surface area (TPSA) is 122 Å². The summed E-state index contributed by atoms with van der Waals surface area (Å²) in [6.45, 7) is -0.692. The van der Waals surface area contributed by atoms with E-state index in [-0.39, 0.29) is 24.7 Å². The van der Waals surface area contributed by atoms with Crippen LogP contribution in [0.5, 0.6) is 0 Å². The normalized spacial score (nSPS) is 10.9. The van der Waals surface area contributed by atoms with E-state index in [4.69, 9.17) is 10.5 Å². The van der Waals surface area contributed by atoms with Gasteiger partial charge in [0.2, 0.25) is 5.91 Å². The smallest absolute Gasteiger partial charge is 0.357 e. The average molecular weight is 449 g/mol. The zero-order chi connectivity index (χ0) is 22.7. The van der Waals surface area contributed by atoms with Gasteiger partial charge in [-0.2, -0.15) is 0 Å². The summed E-state index contributed by atoms with van der Waals surface area (Å²) in [5.74, 6) is -1.23. The third-order valence-corrected chi connectivity index (χ3v) is 5.38. The number of hydrogen-bond acceptors (Lipinski definition) is 7. The Morgan fingerprint density at radius 2 is 1.81 bits per heavy atom. The van der Waals surface area contributed by atoms with Crippen LogP contribution >= 0.6 is 11.8 Å². The summed E-state index contributed by atoms with van der Waals surface area (Å²) in [6, 6.07) is 16.0. The number of fused-ring (bicyclic) bond motifs is 1. The molecule has 0 fully saturated rings. The first-order chi connectivity index (χ1) is 15.5. The molecular formula is C22H19N5O4S. The van der Waals surface area contributed by atoms with Gasteiger partial charge in [0, 0.05) is 5.69 Å². The van der Waals surface area contributed by atoms with E-state index in [0.717, 1.165) is 10.3 Å². The fourth-order valence-electron chi connectivity index (χ4n) is 3.30. The fourth-order valence-corrected chi connectivity index (χ4v) is 3.84. The van der Waals surface area contributed by atoms with Crippen LogP contribution in [0.4, 0.5) is 0 Å². The Morgan fingerprint density at radius 3 is 2.53 bits per heavy atom. The van der Waals surface area contributed by atoms with Crippen molar-refractivity contribution in [2.45, 2.75) is 18.3 Å². The molecule has 2 heterocycles. The van der Waals surface area contributed by atoms with E-state index in [2.05, 4.69) is 9.97 Å². The number of hydrogen-bond donors (Lipinski definition) is 1. The summed E-state index contributed by atoms with van der Waals surface area (Å²) in [7, 11) is 0. The van der Waals surface area contributed by atoms with Crippen LogP contribution in [-0.4, -0.2) is 37.2 Å². The molecule has 2 aromatic carbocycles. The molecule has 0 aliphatic rings. The number of benzene rings is 2. The van der Waals surface area contributed by atoms with E-state index >= 15 is 0 Å². The van der Waals surface area contributed by atoms with Gasteiger partial charge in [0.1, 0.15) is 13.2 Å². The highest BCUT2D eigenvalue weighted by atomic mass is 32.2. The molecular weight excluding hydrogens is 430 g/mol. The van der Waals surface area contributed by atoms with Crippen molar-refractivity contribution in [2.24, 2.45) is 5.73 Å². The first-order valence-corrected chi connectivity index (χ1v) is 10.8. The summed E-state index contributed by atoms with van der Waals surface area (Å²) in [6.07, 6.45) is 3.30. The molecule has 2 N–H and O–H groups in total. The van der Waals surface area contributed by atoms with Crippen LogP contribution in [0.2, 0.25) is 0 Å². The number of ether oxygens (including phenoxy) is 1. The lowest BCUT2D eigenvalue weighted by Gasteiger charge is -2.13. The van der Waals surface area contributed by atoms with Crippen molar-refractivity contribution in [3.8, 4) is 5.69 Å². The lowest BCUT2D eigenvalue weighted by Crippen LogP contribution is -2.32. The summed E-state index contributed by atoms with van der Waals surface area (Å²) >= 11 is 1.39. The number of carbonyl (C=O) groups excluding carboxylic acids is 2. The van der Waals surface area contributed by atoms with Gasteiger partial charge in [0.05, 0.1) is 17.1 Å². The fraction of sp³-hybridized carbons (Fsp3) is 0.136. The van der Waals surface area contributed by atoms with E-state index in [1.807, 2.05) is 36.6 Å². The molecule has 1 amide bonds. The number of thioether (sulfide) groups is 1. The van der Waals surface area contributed by atoms with Crippen LogP contribution in [0.1, 0.15) is 16.3 Å². The molecule has 0 atom stereocenters. The number of nitrogens with zero attached hydrogens (tertiary/aromatic N) is 4. The number of carbonyl (C=O) groups is 2. The number of imidazole rings is 1. The molecule has 0 radical (unpaired) electrons. The van der Waals surface area contributed by atoms with Crippen molar-refractivity contribution in [1.29, 1.82) is 0 Å². The largest absolute Gasteiger partial charge is 0.453 e. The van der Waals surface area contributed by atoms with Crippen molar-refractivity contribution in [3.05, 3.63) is 82.7 Å². The molecule has 2 aromatic heterocycles. The van der Waals surface area contributed by atoms with Crippen LogP contribution in [-0.2, 0) is 22.7 Å². The maximum atomic E-state index is 12.9. The number of nitrogens with two attached hydrogens (primary N) is 1. The van der Waals surface area contributed by atoms with Gasteiger partial charge in [-0.15, -0.1) is 0 Å². The van der Waals surface area contributed by atoms with Crippen molar-refractivity contribution >= 4 is 34.5 Å². The lowest BCUT2D eigenvalue weighted by atomic mass is 10.2. The number of aromatic nitrogens is 4. The van der Waals surface area contributed by atoms with Crippen molar-refractivity contribution in [2.75, 3.05) is 6.26 Å². The highest BCUT2D eigenvalue weighted by Gasteiger charge is 2.20. The Hall–Kier alpha value is -3.92. The zero-order valence-corrected chi connectivity index (χ0v) is 17.9. The van der Waals surface area contributed by atoms with E-state index in [0.29, 0.717) is 16.1 Å². The molecule has 10 heteroatoms. The van der Waals surface area contributed by atoms with Gasteiger partial charge in [-0.05, 0) is 30.5 Å². The monoisotopic (exact) mass is 449 g/mol. The molecule has 4 rings (SSSR count). The standard InChI is InChI=1S/C22H19N5O4S/c1-32-22-24-11-17(27(22)14-7-3-2-4-8-14)21(30)31-13-19-25-16-10-6-5-9-15(16)20(29)26(19)12-18(23)28/h2-11H,12-13H2,1H3,(H2,23,28). The van der Waals surface area contributed by atoms with Crippen LogP contribution < -0.4 is 11.3 Å². The van der Waals surface area contributed by atoms with Crippen molar-refractivity contribution in [1.82, 2.24) is 19.1 Å². The molecule has 162 valence electrons. The lowest BCUT2D eigenvalue weighted by molar-refractivity contribution is -0.118. The molecule has 0 bridgehead atoms. The molecule has 0 saturated carbocycles. The number of esters is 1. The Balaban J connectivity index is 1.68. The second-order valence-electron chi connectivity index (χ2n) is 6.78. The molecule has 32 heavy (non-hydrogen) atoms. The summed E-state index contributed by atoms with van der Waals surface area (Å²) in [5, 5.41) is 0.966. The molecule has 4 aromatic rings. The maximum Gasteiger partial charge on any atom is 0.357 e. The van der Waals surface area contributed by atoms with Gasteiger partial charge in [-0.25, -0.2) is 14.8 Å². The van der Waals surface area contributed by atoms with Gasteiger partial charge >= 0.3 is 5.97 Å². The van der Waals surface area contributed by atoms with Crippen LogP contribution in [0, 0.1) is 0 Å². The Kier molecular flexibility index (Phi) is 6.04. The number of primary amides is 1. The average Bonchev–Trinajstić information content (AvgIpc) is 3.24. The molecule has 0 saturated heterocycles. The van der Waals surface area contributed by atoms with E-state index < -0.39 is 17.4 Å². The molecule has 0 spiro atoms. The SMILES string of the molecule is CSc1ncc(C(=O)OCc2nc3ccccc3c(=O)n2CC(N)=O)n1-c1ccccc1. The van der Waals surface area contributed by atoms with E-state index in [1.54, 1.807) is 28.8 Å². The predicted molar refractivity (Wildman–Crippen MR) is 120 cm³/mol. The first kappa shape index (κ1) is 21.3. The van der Waals surface area contributed by atoms with Gasteiger partial charge in [0.15, 0.2) is 16.7 Å². The summed E-state index contributed by atoms with van der Waals surface area (Å²) in [5.41, 5.74) is 6.30. The Morgan fingerprint density at radius 1 is 1.09 bits per heavy atom. The molecule has 0 aliphatic heterocycles. The van der Waals surface area contributed by atoms with Gasteiger partial charge < -0.3 is 10.5 Å². The molecule has 9 nitrogen and oxygen atoms in total. The summed E-state index contributed by atoms with van der Waals surface area (Å²) < 4.78 is 8.29. The van der Waals surface area contributed by atoms with E-state index in [9.17, 15) is 14.4 Å². The summed E-state index contributed by atoms with van der Waals surface area (Å²) in [4.78, 5) is 46.0.